The molecule has 0 fully saturated rings. The zero-order chi connectivity index (χ0) is 12.9. The van der Waals surface area contributed by atoms with Crippen LogP contribution >= 0.6 is 11.6 Å². The molecule has 0 aromatic carbocycles. The molecule has 1 rings (SSSR count). The molecular weight excluding hydrogens is 253 g/mol. The smallest absolute Gasteiger partial charge is 0.384 e. The first-order valence-corrected chi connectivity index (χ1v) is 5.39. The Kier molecular flexibility index (Phi) is 4.81. The van der Waals surface area contributed by atoms with E-state index in [1.807, 2.05) is 0 Å². The zero-order valence-corrected chi connectivity index (χ0v) is 9.94. The second kappa shape index (κ2) is 5.91. The fourth-order valence-electron chi connectivity index (χ4n) is 1.27. The molecule has 94 valence electrons. The summed E-state index contributed by atoms with van der Waals surface area (Å²) in [6, 6.07) is 1.59. The maximum Gasteiger partial charge on any atom is 0.390 e. The lowest BCUT2D eigenvalue weighted by atomic mass is 10.2. The molecule has 1 N–H and O–H groups in total. The second-order valence-corrected chi connectivity index (χ2v) is 3.71. The number of rotatable bonds is 4. The van der Waals surface area contributed by atoms with E-state index in [9.17, 15) is 13.2 Å². The van der Waals surface area contributed by atoms with Gasteiger partial charge in [-0.05, 0) is 13.0 Å². The van der Waals surface area contributed by atoms with Crippen LogP contribution in [0.4, 0.5) is 18.9 Å². The standard InChI is InChI=1S/C11H12ClF3N2/c1-2-3-8-9(4-6-17-10(8)12)16-7-5-11(13,14)15/h2-4,6H,5,7H2,1H3,(H,16,17)/b3-2+. The summed E-state index contributed by atoms with van der Waals surface area (Å²) < 4.78 is 36.0. The minimum absolute atomic E-state index is 0.186. The third kappa shape index (κ3) is 4.65. The summed E-state index contributed by atoms with van der Waals surface area (Å²) in [6.07, 6.45) is -0.152. The molecule has 17 heavy (non-hydrogen) atoms. The first kappa shape index (κ1) is 13.8. The van der Waals surface area contributed by atoms with Gasteiger partial charge in [0.1, 0.15) is 5.15 Å². The summed E-state index contributed by atoms with van der Waals surface area (Å²) in [5, 5.41) is 2.96. The van der Waals surface area contributed by atoms with Crippen LogP contribution in [0.2, 0.25) is 5.15 Å². The van der Waals surface area contributed by atoms with E-state index < -0.39 is 12.6 Å². The maximum absolute atomic E-state index is 12.0. The molecular formula is C11H12ClF3N2. The lowest BCUT2D eigenvalue weighted by Crippen LogP contribution is -2.15. The minimum Gasteiger partial charge on any atom is -0.384 e. The van der Waals surface area contributed by atoms with E-state index in [2.05, 4.69) is 10.3 Å². The van der Waals surface area contributed by atoms with E-state index in [1.165, 1.54) is 6.20 Å². The van der Waals surface area contributed by atoms with Crippen molar-refractivity contribution < 1.29 is 13.2 Å². The van der Waals surface area contributed by atoms with Crippen molar-refractivity contribution in [2.45, 2.75) is 19.5 Å². The summed E-state index contributed by atoms with van der Waals surface area (Å²) in [4.78, 5) is 3.87. The van der Waals surface area contributed by atoms with Crippen LogP contribution in [0.25, 0.3) is 6.08 Å². The highest BCUT2D eigenvalue weighted by atomic mass is 35.5. The van der Waals surface area contributed by atoms with Crippen molar-refractivity contribution in [1.29, 1.82) is 0 Å². The van der Waals surface area contributed by atoms with Gasteiger partial charge >= 0.3 is 6.18 Å². The van der Waals surface area contributed by atoms with E-state index in [0.29, 0.717) is 11.3 Å². The highest BCUT2D eigenvalue weighted by molar-refractivity contribution is 6.31. The van der Waals surface area contributed by atoms with E-state index in [-0.39, 0.29) is 11.7 Å². The average molecular weight is 265 g/mol. The van der Waals surface area contributed by atoms with Crippen molar-refractivity contribution in [3.8, 4) is 0 Å². The summed E-state index contributed by atoms with van der Waals surface area (Å²) in [6.45, 7) is 1.61. The fourth-order valence-corrected chi connectivity index (χ4v) is 1.49. The quantitative estimate of drug-likeness (QED) is 0.827. The largest absolute Gasteiger partial charge is 0.390 e. The Morgan fingerprint density at radius 3 is 2.76 bits per heavy atom. The number of hydrogen-bond acceptors (Lipinski definition) is 2. The van der Waals surface area contributed by atoms with Gasteiger partial charge in [0.25, 0.3) is 0 Å². The molecule has 1 aromatic rings. The molecule has 0 aliphatic rings. The lowest BCUT2D eigenvalue weighted by molar-refractivity contribution is -0.131. The van der Waals surface area contributed by atoms with Crippen LogP contribution < -0.4 is 5.32 Å². The first-order valence-electron chi connectivity index (χ1n) is 5.02. The van der Waals surface area contributed by atoms with Gasteiger partial charge in [0, 0.05) is 24.0 Å². The van der Waals surface area contributed by atoms with E-state index in [1.54, 1.807) is 25.1 Å². The summed E-state index contributed by atoms with van der Waals surface area (Å²) >= 11 is 5.85. The minimum atomic E-state index is -4.16. The van der Waals surface area contributed by atoms with Crippen LogP contribution in [-0.4, -0.2) is 17.7 Å². The van der Waals surface area contributed by atoms with Crippen molar-refractivity contribution in [1.82, 2.24) is 4.98 Å². The Morgan fingerprint density at radius 1 is 1.47 bits per heavy atom. The summed E-state index contributed by atoms with van der Waals surface area (Å²) in [7, 11) is 0. The van der Waals surface area contributed by atoms with Crippen molar-refractivity contribution in [3.05, 3.63) is 29.1 Å². The lowest BCUT2D eigenvalue weighted by Gasteiger charge is -2.11. The van der Waals surface area contributed by atoms with E-state index in [4.69, 9.17) is 11.6 Å². The maximum atomic E-state index is 12.0. The van der Waals surface area contributed by atoms with Gasteiger partial charge in [0.2, 0.25) is 0 Å². The van der Waals surface area contributed by atoms with Crippen LogP contribution in [0.5, 0.6) is 0 Å². The molecule has 2 nitrogen and oxygen atoms in total. The normalized spacial score (nSPS) is 12.1. The summed E-state index contributed by atoms with van der Waals surface area (Å²) in [5.41, 5.74) is 1.14. The van der Waals surface area contributed by atoms with Gasteiger partial charge < -0.3 is 5.32 Å². The van der Waals surface area contributed by atoms with Gasteiger partial charge in [-0.2, -0.15) is 13.2 Å². The van der Waals surface area contributed by atoms with Crippen molar-refractivity contribution in [3.63, 3.8) is 0 Å². The molecule has 0 saturated heterocycles. The Morgan fingerprint density at radius 2 is 2.18 bits per heavy atom. The number of hydrogen-bond donors (Lipinski definition) is 1. The van der Waals surface area contributed by atoms with Gasteiger partial charge in [-0.3, -0.25) is 0 Å². The molecule has 6 heteroatoms. The third-order valence-electron chi connectivity index (χ3n) is 2.00. The Bertz CT molecular complexity index is 402. The molecule has 0 spiro atoms. The van der Waals surface area contributed by atoms with Crippen molar-refractivity contribution in [2.24, 2.45) is 0 Å². The fraction of sp³-hybridized carbons (Fsp3) is 0.364. The Hall–Kier alpha value is -1.23. The topological polar surface area (TPSA) is 24.9 Å². The van der Waals surface area contributed by atoms with Gasteiger partial charge in [-0.1, -0.05) is 23.8 Å². The number of aromatic nitrogens is 1. The van der Waals surface area contributed by atoms with Gasteiger partial charge in [-0.25, -0.2) is 4.98 Å². The number of anilines is 1. The number of pyridine rings is 1. The number of halogens is 4. The van der Waals surface area contributed by atoms with Crippen LogP contribution in [0.1, 0.15) is 18.9 Å². The predicted octanol–water partition coefficient (Wildman–Crippen LogP) is 4.13. The third-order valence-corrected chi connectivity index (χ3v) is 2.30. The SMILES string of the molecule is C/C=C/c1c(NCCC(F)(F)F)ccnc1Cl. The van der Waals surface area contributed by atoms with Crippen LogP contribution in [0, 0.1) is 0 Å². The molecule has 0 unspecified atom stereocenters. The molecule has 0 atom stereocenters. The number of nitrogens with zero attached hydrogens (tertiary/aromatic N) is 1. The van der Waals surface area contributed by atoms with Crippen LogP contribution in [0.15, 0.2) is 18.3 Å². The molecule has 0 radical (unpaired) electrons. The van der Waals surface area contributed by atoms with Crippen LogP contribution in [-0.2, 0) is 0 Å². The predicted molar refractivity (Wildman–Crippen MR) is 63.1 cm³/mol. The van der Waals surface area contributed by atoms with Crippen LogP contribution in [0.3, 0.4) is 0 Å². The van der Waals surface area contributed by atoms with E-state index >= 15 is 0 Å². The van der Waals surface area contributed by atoms with E-state index in [0.717, 1.165) is 0 Å². The zero-order valence-electron chi connectivity index (χ0n) is 9.18. The first-order chi connectivity index (χ1) is 7.94. The molecule has 0 aliphatic carbocycles. The van der Waals surface area contributed by atoms with Gasteiger partial charge in [0.15, 0.2) is 0 Å². The number of alkyl halides is 3. The average Bonchev–Trinajstić information content (AvgIpc) is 2.21. The highest BCUT2D eigenvalue weighted by Crippen LogP contribution is 2.25. The molecule has 0 bridgehead atoms. The molecule has 0 amide bonds. The molecule has 0 aliphatic heterocycles. The summed E-state index contributed by atoms with van der Waals surface area (Å²) in [5.74, 6) is 0. The highest BCUT2D eigenvalue weighted by Gasteiger charge is 2.26. The Balaban J connectivity index is 2.74. The monoisotopic (exact) mass is 264 g/mol. The number of allylic oxidation sites excluding steroid dienone is 1. The molecule has 1 heterocycles. The Labute approximate surface area is 103 Å². The van der Waals surface area contributed by atoms with Crippen molar-refractivity contribution in [2.75, 3.05) is 11.9 Å². The van der Waals surface area contributed by atoms with Gasteiger partial charge in [0.05, 0.1) is 6.42 Å². The van der Waals surface area contributed by atoms with Crippen molar-refractivity contribution >= 4 is 23.4 Å². The second-order valence-electron chi connectivity index (χ2n) is 3.35. The molecule has 1 aromatic heterocycles. The number of nitrogens with one attached hydrogen (secondary N) is 1. The van der Waals surface area contributed by atoms with Gasteiger partial charge in [-0.15, -0.1) is 0 Å². The molecule has 0 saturated carbocycles.